The number of carbonyl (C=O) groups excluding carboxylic acids is 2. The average Bonchev–Trinajstić information content (AvgIpc) is 2.51. The Balaban J connectivity index is 2.83. The zero-order chi connectivity index (χ0) is 18.5. The molecule has 0 aliphatic carbocycles. The summed E-state index contributed by atoms with van der Waals surface area (Å²) in [5.74, 6) is -2.87. The van der Waals surface area contributed by atoms with Crippen molar-refractivity contribution in [1.29, 1.82) is 0 Å². The number of amides is 2. The van der Waals surface area contributed by atoms with E-state index in [0.29, 0.717) is 0 Å². The minimum atomic E-state index is -1.47. The quantitative estimate of drug-likeness (QED) is 0.497. The van der Waals surface area contributed by atoms with Crippen molar-refractivity contribution in [3.8, 4) is 0 Å². The van der Waals surface area contributed by atoms with Crippen LogP contribution in [0.3, 0.4) is 0 Å². The standard InChI is InChI=1S/C14H16ClN3O6/c1-3-14(2,13(21)22)17-10(19)7-16-12(20)11-8(15)5-4-6-9(11)18(23)24/h4-6H,3,7H2,1-2H3,(H,16,20)(H,17,19)(H,21,22). The smallest absolute Gasteiger partial charge is 0.329 e. The molecule has 1 unspecified atom stereocenters. The SMILES string of the molecule is CCC(C)(NC(=O)CNC(=O)c1c(Cl)cccc1[N+](=O)[O-])C(=O)O. The topological polar surface area (TPSA) is 139 Å². The fraction of sp³-hybridized carbons (Fsp3) is 0.357. The number of hydrogen-bond donors (Lipinski definition) is 3. The fourth-order valence-corrected chi connectivity index (χ4v) is 2.04. The Morgan fingerprint density at radius 2 is 2.00 bits per heavy atom. The van der Waals surface area contributed by atoms with Gasteiger partial charge >= 0.3 is 5.97 Å². The number of halogens is 1. The first-order valence-electron chi connectivity index (χ1n) is 6.88. The number of carbonyl (C=O) groups is 3. The van der Waals surface area contributed by atoms with Crippen LogP contribution >= 0.6 is 11.6 Å². The van der Waals surface area contributed by atoms with Gasteiger partial charge in [0.05, 0.1) is 16.5 Å². The summed E-state index contributed by atoms with van der Waals surface area (Å²) in [5.41, 5.74) is -2.34. The highest BCUT2D eigenvalue weighted by molar-refractivity contribution is 6.34. The van der Waals surface area contributed by atoms with Crippen LogP contribution in [-0.4, -0.2) is 39.9 Å². The van der Waals surface area contributed by atoms with E-state index in [4.69, 9.17) is 16.7 Å². The Bertz CT molecular complexity index is 693. The van der Waals surface area contributed by atoms with Crippen molar-refractivity contribution >= 4 is 35.1 Å². The van der Waals surface area contributed by atoms with Crippen molar-refractivity contribution in [3.63, 3.8) is 0 Å². The lowest BCUT2D eigenvalue weighted by molar-refractivity contribution is -0.385. The van der Waals surface area contributed by atoms with Crippen molar-refractivity contribution < 1.29 is 24.4 Å². The molecule has 1 rings (SSSR count). The number of nitro groups is 1. The van der Waals surface area contributed by atoms with Crippen molar-refractivity contribution in [2.24, 2.45) is 0 Å². The molecule has 0 saturated heterocycles. The number of rotatable bonds is 7. The van der Waals surface area contributed by atoms with Crippen LogP contribution in [0.1, 0.15) is 30.6 Å². The molecule has 2 amide bonds. The molecule has 130 valence electrons. The van der Waals surface area contributed by atoms with Crippen molar-refractivity contribution in [2.75, 3.05) is 6.54 Å². The van der Waals surface area contributed by atoms with E-state index >= 15 is 0 Å². The molecule has 0 spiro atoms. The fourth-order valence-electron chi connectivity index (χ4n) is 1.78. The second-order valence-corrected chi connectivity index (χ2v) is 5.52. The van der Waals surface area contributed by atoms with Gasteiger partial charge in [-0.25, -0.2) is 4.79 Å². The molecule has 1 aromatic carbocycles. The Morgan fingerprint density at radius 3 is 2.50 bits per heavy atom. The Kier molecular flexibility index (Phi) is 6.24. The van der Waals surface area contributed by atoms with Gasteiger partial charge in [-0.1, -0.05) is 24.6 Å². The van der Waals surface area contributed by atoms with Gasteiger partial charge in [0.1, 0.15) is 11.1 Å². The van der Waals surface area contributed by atoms with Crippen LogP contribution < -0.4 is 10.6 Å². The monoisotopic (exact) mass is 357 g/mol. The highest BCUT2D eigenvalue weighted by atomic mass is 35.5. The van der Waals surface area contributed by atoms with Gasteiger partial charge in [0, 0.05) is 6.07 Å². The van der Waals surface area contributed by atoms with E-state index in [-0.39, 0.29) is 17.0 Å². The van der Waals surface area contributed by atoms with Gasteiger partial charge in [-0.2, -0.15) is 0 Å². The van der Waals surface area contributed by atoms with Crippen LogP contribution in [0.5, 0.6) is 0 Å². The van der Waals surface area contributed by atoms with Gasteiger partial charge < -0.3 is 15.7 Å². The van der Waals surface area contributed by atoms with Gasteiger partial charge in [0.15, 0.2) is 0 Å². The number of carboxylic acids is 1. The van der Waals surface area contributed by atoms with Crippen LogP contribution in [0.2, 0.25) is 5.02 Å². The van der Waals surface area contributed by atoms with E-state index in [1.54, 1.807) is 6.92 Å². The molecule has 1 atom stereocenters. The van der Waals surface area contributed by atoms with Gasteiger partial charge in [0.25, 0.3) is 11.6 Å². The maximum atomic E-state index is 12.1. The molecule has 0 aliphatic heterocycles. The average molecular weight is 358 g/mol. The van der Waals surface area contributed by atoms with Crippen LogP contribution in [0, 0.1) is 10.1 Å². The van der Waals surface area contributed by atoms with E-state index in [2.05, 4.69) is 10.6 Å². The summed E-state index contributed by atoms with van der Waals surface area (Å²) in [5, 5.41) is 24.4. The number of hydrogen-bond acceptors (Lipinski definition) is 5. The Labute approximate surface area is 142 Å². The second-order valence-electron chi connectivity index (χ2n) is 5.11. The maximum Gasteiger partial charge on any atom is 0.329 e. The van der Waals surface area contributed by atoms with Crippen molar-refractivity contribution in [2.45, 2.75) is 25.8 Å². The number of benzene rings is 1. The largest absolute Gasteiger partial charge is 0.480 e. The van der Waals surface area contributed by atoms with Gasteiger partial charge in [0.2, 0.25) is 5.91 Å². The Morgan fingerprint density at radius 1 is 1.38 bits per heavy atom. The molecule has 0 fully saturated rings. The van der Waals surface area contributed by atoms with E-state index in [1.165, 1.54) is 19.1 Å². The molecule has 0 aliphatic rings. The van der Waals surface area contributed by atoms with Crippen LogP contribution in [0.4, 0.5) is 5.69 Å². The summed E-state index contributed by atoms with van der Waals surface area (Å²) < 4.78 is 0. The summed E-state index contributed by atoms with van der Waals surface area (Å²) in [7, 11) is 0. The molecule has 3 N–H and O–H groups in total. The van der Waals surface area contributed by atoms with E-state index in [1.807, 2.05) is 0 Å². The molecule has 1 aromatic rings. The van der Waals surface area contributed by atoms with Gasteiger partial charge in [-0.05, 0) is 19.4 Å². The predicted molar refractivity (Wildman–Crippen MR) is 84.9 cm³/mol. The summed E-state index contributed by atoms with van der Waals surface area (Å²) in [6.45, 7) is 2.36. The number of aliphatic carboxylic acids is 1. The van der Waals surface area contributed by atoms with Crippen LogP contribution in [-0.2, 0) is 9.59 Å². The highest BCUT2D eigenvalue weighted by Crippen LogP contribution is 2.25. The zero-order valence-corrected chi connectivity index (χ0v) is 13.7. The second kappa shape index (κ2) is 7.73. The third kappa shape index (κ3) is 4.42. The third-order valence-electron chi connectivity index (χ3n) is 3.42. The predicted octanol–water partition coefficient (Wildman–Crippen LogP) is 1.35. The first-order chi connectivity index (χ1) is 11.1. The van der Waals surface area contributed by atoms with Gasteiger partial charge in [-0.15, -0.1) is 0 Å². The molecule has 0 aromatic heterocycles. The molecular formula is C14H16ClN3O6. The first-order valence-corrected chi connectivity index (χ1v) is 7.25. The molecule has 10 heteroatoms. The lowest BCUT2D eigenvalue weighted by atomic mass is 9.99. The maximum absolute atomic E-state index is 12.1. The number of nitrogens with one attached hydrogen (secondary N) is 2. The third-order valence-corrected chi connectivity index (χ3v) is 3.73. The molecule has 0 heterocycles. The first kappa shape index (κ1) is 19.4. The molecule has 24 heavy (non-hydrogen) atoms. The van der Waals surface area contributed by atoms with Crippen molar-refractivity contribution in [1.82, 2.24) is 10.6 Å². The minimum Gasteiger partial charge on any atom is -0.480 e. The Hall–Kier alpha value is -2.68. The molecule has 0 radical (unpaired) electrons. The van der Waals surface area contributed by atoms with Gasteiger partial charge in [-0.3, -0.25) is 19.7 Å². The summed E-state index contributed by atoms with van der Waals surface area (Å²) >= 11 is 5.81. The molecule has 9 nitrogen and oxygen atoms in total. The summed E-state index contributed by atoms with van der Waals surface area (Å²) in [6.07, 6.45) is 0.137. The van der Waals surface area contributed by atoms with Crippen molar-refractivity contribution in [3.05, 3.63) is 38.9 Å². The molecule has 0 saturated carbocycles. The van der Waals surface area contributed by atoms with E-state index in [9.17, 15) is 24.5 Å². The zero-order valence-electron chi connectivity index (χ0n) is 13.0. The van der Waals surface area contributed by atoms with E-state index < -0.39 is 40.5 Å². The number of carboxylic acid groups (broad SMARTS) is 1. The molecule has 0 bridgehead atoms. The number of nitrogens with zero attached hydrogens (tertiary/aromatic N) is 1. The highest BCUT2D eigenvalue weighted by Gasteiger charge is 2.33. The summed E-state index contributed by atoms with van der Waals surface area (Å²) in [4.78, 5) is 45.2. The minimum absolute atomic E-state index is 0.133. The summed E-state index contributed by atoms with van der Waals surface area (Å²) in [6, 6.07) is 3.74. The normalized spacial score (nSPS) is 12.8. The number of nitro benzene ring substituents is 1. The van der Waals surface area contributed by atoms with E-state index in [0.717, 1.165) is 6.07 Å². The lowest BCUT2D eigenvalue weighted by Gasteiger charge is -2.24. The lowest BCUT2D eigenvalue weighted by Crippen LogP contribution is -2.54. The van der Waals surface area contributed by atoms with Crippen LogP contribution in [0.15, 0.2) is 18.2 Å². The molecular weight excluding hydrogens is 342 g/mol. The van der Waals surface area contributed by atoms with Crippen LogP contribution in [0.25, 0.3) is 0 Å².